The lowest BCUT2D eigenvalue weighted by Crippen LogP contribution is -2.33. The van der Waals surface area contributed by atoms with Gasteiger partial charge in [-0.2, -0.15) is 5.10 Å². The highest BCUT2D eigenvalue weighted by molar-refractivity contribution is 6.09. The van der Waals surface area contributed by atoms with Gasteiger partial charge in [-0.3, -0.25) is 9.48 Å². The van der Waals surface area contributed by atoms with Gasteiger partial charge in [0.15, 0.2) is 5.82 Å². The number of aromatic nitrogens is 4. The van der Waals surface area contributed by atoms with Crippen molar-refractivity contribution in [1.29, 1.82) is 0 Å². The number of nitrogens with zero attached hydrogens (tertiary/aromatic N) is 4. The first-order chi connectivity index (χ1) is 18.7. The highest BCUT2D eigenvalue weighted by atomic mass is 19.1. The molecule has 0 fully saturated rings. The molecule has 39 heavy (non-hydrogen) atoms. The lowest BCUT2D eigenvalue weighted by Gasteiger charge is -2.23. The van der Waals surface area contributed by atoms with Crippen molar-refractivity contribution in [2.45, 2.75) is 18.9 Å². The van der Waals surface area contributed by atoms with Crippen LogP contribution in [0, 0.1) is 11.6 Å². The Labute approximate surface area is 219 Å². The van der Waals surface area contributed by atoms with E-state index in [1.165, 1.54) is 41.1 Å². The average molecular weight is 527 g/mol. The van der Waals surface area contributed by atoms with E-state index in [2.05, 4.69) is 20.4 Å². The Morgan fingerprint density at radius 3 is 2.64 bits per heavy atom. The number of nitrogens with one attached hydrogen (secondary N) is 1. The molecule has 1 aliphatic heterocycles. The maximum absolute atomic E-state index is 14.4. The number of hydrogen-bond acceptors (Lipinski definition) is 6. The molecule has 2 aromatic heterocycles. The lowest BCUT2D eigenvalue weighted by molar-refractivity contribution is -0.119. The van der Waals surface area contributed by atoms with Crippen LogP contribution in [0.15, 0.2) is 66.7 Å². The van der Waals surface area contributed by atoms with Crippen molar-refractivity contribution in [2.24, 2.45) is 0 Å². The van der Waals surface area contributed by atoms with Gasteiger partial charge >= 0.3 is 5.97 Å². The second kappa shape index (κ2) is 8.69. The van der Waals surface area contributed by atoms with Gasteiger partial charge in [0, 0.05) is 10.9 Å². The van der Waals surface area contributed by atoms with Gasteiger partial charge < -0.3 is 16.2 Å². The predicted octanol–water partition coefficient (Wildman–Crippen LogP) is 4.36. The van der Waals surface area contributed by atoms with Crippen LogP contribution in [0.4, 0.5) is 20.4 Å². The molecule has 0 bridgehead atoms. The molecule has 1 aliphatic rings. The number of carbonyl (C=O) groups excluding carboxylic acids is 1. The van der Waals surface area contributed by atoms with E-state index < -0.39 is 28.9 Å². The van der Waals surface area contributed by atoms with Gasteiger partial charge in [0.1, 0.15) is 34.4 Å². The van der Waals surface area contributed by atoms with E-state index in [-0.39, 0.29) is 35.3 Å². The standard InChI is InChI=1S/C28H20F2N6O3/c1-28(16-7-4-6-14(11-16)26(37)38)21-23(31)32-25(33-24(21)34-27(28)39)22-18-10-9-17(29)12-20(18)36(35-22)13-15-5-2-3-8-19(15)30/h2-12H,13H2,1H3,(H,37,38)(H3,31,32,33,34,39). The monoisotopic (exact) mass is 526 g/mol. The molecule has 0 saturated carbocycles. The largest absolute Gasteiger partial charge is 0.478 e. The number of aromatic carboxylic acids is 1. The van der Waals surface area contributed by atoms with E-state index in [1.54, 1.807) is 37.3 Å². The van der Waals surface area contributed by atoms with Gasteiger partial charge in [-0.15, -0.1) is 0 Å². The molecule has 1 amide bonds. The number of fused-ring (bicyclic) bond motifs is 2. The van der Waals surface area contributed by atoms with Crippen LogP contribution in [-0.2, 0) is 16.8 Å². The summed E-state index contributed by atoms with van der Waals surface area (Å²) in [6.07, 6.45) is 0. The number of halogens is 2. The van der Waals surface area contributed by atoms with Crippen molar-refractivity contribution < 1.29 is 23.5 Å². The minimum Gasteiger partial charge on any atom is -0.478 e. The zero-order valence-corrected chi connectivity index (χ0v) is 20.4. The van der Waals surface area contributed by atoms with Gasteiger partial charge in [0.2, 0.25) is 5.91 Å². The van der Waals surface area contributed by atoms with Gasteiger partial charge in [0.25, 0.3) is 0 Å². The predicted molar refractivity (Wildman–Crippen MR) is 139 cm³/mol. The Morgan fingerprint density at radius 2 is 1.87 bits per heavy atom. The van der Waals surface area contributed by atoms with Crippen LogP contribution >= 0.6 is 0 Å². The molecule has 11 heteroatoms. The Hall–Kier alpha value is -5.19. The SMILES string of the molecule is CC1(c2cccc(C(=O)O)c2)C(=O)Nc2nc(-c3nn(Cc4ccccc4F)c4cc(F)ccc34)nc(N)c21. The summed E-state index contributed by atoms with van der Waals surface area (Å²) in [5, 5.41) is 17.2. The second-order valence-corrected chi connectivity index (χ2v) is 9.38. The molecule has 1 unspecified atom stereocenters. The van der Waals surface area contributed by atoms with E-state index >= 15 is 0 Å². The van der Waals surface area contributed by atoms with Crippen molar-refractivity contribution in [3.8, 4) is 11.5 Å². The topological polar surface area (TPSA) is 136 Å². The first-order valence-corrected chi connectivity index (χ1v) is 11.9. The third-order valence-corrected chi connectivity index (χ3v) is 7.01. The van der Waals surface area contributed by atoms with Gasteiger partial charge in [0.05, 0.1) is 23.2 Å². The summed E-state index contributed by atoms with van der Waals surface area (Å²) in [6.45, 7) is 1.65. The minimum atomic E-state index is -1.35. The Morgan fingerprint density at radius 1 is 1.08 bits per heavy atom. The van der Waals surface area contributed by atoms with Crippen LogP contribution in [0.2, 0.25) is 0 Å². The maximum atomic E-state index is 14.4. The Bertz CT molecular complexity index is 1840. The zero-order valence-electron chi connectivity index (χ0n) is 20.4. The summed E-state index contributed by atoms with van der Waals surface area (Å²) >= 11 is 0. The lowest BCUT2D eigenvalue weighted by atomic mass is 9.77. The van der Waals surface area contributed by atoms with Crippen LogP contribution in [0.5, 0.6) is 0 Å². The van der Waals surface area contributed by atoms with Crippen LogP contribution in [0.1, 0.15) is 34.0 Å². The van der Waals surface area contributed by atoms with Crippen LogP contribution in [-0.4, -0.2) is 36.7 Å². The van der Waals surface area contributed by atoms with Crippen molar-refractivity contribution in [1.82, 2.24) is 19.7 Å². The molecule has 5 aromatic rings. The first-order valence-electron chi connectivity index (χ1n) is 11.9. The zero-order chi connectivity index (χ0) is 27.5. The third kappa shape index (κ3) is 3.78. The van der Waals surface area contributed by atoms with Crippen molar-refractivity contribution >= 4 is 34.4 Å². The average Bonchev–Trinajstić information content (AvgIpc) is 3.39. The van der Waals surface area contributed by atoms with Gasteiger partial charge in [-0.25, -0.2) is 23.5 Å². The smallest absolute Gasteiger partial charge is 0.335 e. The van der Waals surface area contributed by atoms with E-state index in [9.17, 15) is 23.5 Å². The fraction of sp³-hybridized carbons (Fsp3) is 0.107. The summed E-state index contributed by atoms with van der Waals surface area (Å²) < 4.78 is 30.0. The molecule has 3 aromatic carbocycles. The fourth-order valence-electron chi connectivity index (χ4n) is 4.97. The molecule has 4 N–H and O–H groups in total. The number of hydrogen-bond donors (Lipinski definition) is 3. The number of nitrogens with two attached hydrogens (primary N) is 1. The molecular weight excluding hydrogens is 506 g/mol. The first kappa shape index (κ1) is 24.2. The van der Waals surface area contributed by atoms with Crippen LogP contribution < -0.4 is 11.1 Å². The summed E-state index contributed by atoms with van der Waals surface area (Å²) in [5.41, 5.74) is 6.82. The number of carbonyl (C=O) groups is 2. The number of carboxylic acids is 1. The summed E-state index contributed by atoms with van der Waals surface area (Å²) in [4.78, 5) is 33.8. The molecular formula is C28H20F2N6O3. The number of nitrogen functional groups attached to an aromatic ring is 1. The number of amides is 1. The highest BCUT2D eigenvalue weighted by Gasteiger charge is 2.48. The van der Waals surface area contributed by atoms with E-state index in [0.29, 0.717) is 27.6 Å². The van der Waals surface area contributed by atoms with Crippen molar-refractivity contribution in [3.63, 3.8) is 0 Å². The molecule has 0 aliphatic carbocycles. The molecule has 0 saturated heterocycles. The quantitative estimate of drug-likeness (QED) is 0.310. The molecule has 1 atom stereocenters. The number of benzene rings is 3. The minimum absolute atomic E-state index is 0.00417. The van der Waals surface area contributed by atoms with Gasteiger partial charge in [-0.05, 0) is 48.9 Å². The number of anilines is 2. The molecule has 0 spiro atoms. The van der Waals surface area contributed by atoms with Gasteiger partial charge in [-0.1, -0.05) is 30.3 Å². The Balaban J connectivity index is 1.49. The summed E-state index contributed by atoms with van der Waals surface area (Å²) in [7, 11) is 0. The van der Waals surface area contributed by atoms with Crippen LogP contribution in [0.25, 0.3) is 22.4 Å². The molecule has 9 nitrogen and oxygen atoms in total. The second-order valence-electron chi connectivity index (χ2n) is 9.38. The molecule has 0 radical (unpaired) electrons. The van der Waals surface area contributed by atoms with E-state index in [1.807, 2.05) is 0 Å². The maximum Gasteiger partial charge on any atom is 0.335 e. The van der Waals surface area contributed by atoms with Crippen molar-refractivity contribution in [3.05, 3.63) is 101 Å². The van der Waals surface area contributed by atoms with E-state index in [0.717, 1.165) is 0 Å². The normalized spacial score (nSPS) is 16.3. The van der Waals surface area contributed by atoms with E-state index in [4.69, 9.17) is 5.73 Å². The molecule has 3 heterocycles. The highest BCUT2D eigenvalue weighted by Crippen LogP contribution is 2.45. The fourth-order valence-corrected chi connectivity index (χ4v) is 4.97. The Kier molecular flexibility index (Phi) is 5.38. The number of carboxylic acid groups (broad SMARTS) is 1. The molecule has 194 valence electrons. The summed E-state index contributed by atoms with van der Waals surface area (Å²) in [5.74, 6) is -2.27. The number of rotatable bonds is 5. The summed E-state index contributed by atoms with van der Waals surface area (Å²) in [6, 6.07) is 16.3. The van der Waals surface area contributed by atoms with Crippen LogP contribution in [0.3, 0.4) is 0 Å². The van der Waals surface area contributed by atoms with Crippen molar-refractivity contribution in [2.75, 3.05) is 11.1 Å². The third-order valence-electron chi connectivity index (χ3n) is 7.01. The molecule has 6 rings (SSSR count).